The summed E-state index contributed by atoms with van der Waals surface area (Å²) in [5.74, 6) is 0.921. The Bertz CT molecular complexity index is 730. The van der Waals surface area contributed by atoms with Crippen LogP contribution in [0.2, 0.25) is 5.02 Å². The van der Waals surface area contributed by atoms with Gasteiger partial charge in [0.15, 0.2) is 5.96 Å². The minimum atomic E-state index is 0.201. The van der Waals surface area contributed by atoms with Crippen molar-refractivity contribution in [2.75, 3.05) is 20.6 Å². The van der Waals surface area contributed by atoms with Crippen LogP contribution in [0.3, 0.4) is 0 Å². The first-order valence-electron chi connectivity index (χ1n) is 8.32. The van der Waals surface area contributed by atoms with Crippen LogP contribution in [-0.4, -0.2) is 36.1 Å². The third-order valence-corrected chi connectivity index (χ3v) is 5.13. The van der Waals surface area contributed by atoms with Gasteiger partial charge in [0.2, 0.25) is 0 Å². The van der Waals surface area contributed by atoms with Gasteiger partial charge >= 0.3 is 0 Å². The van der Waals surface area contributed by atoms with E-state index in [0.717, 1.165) is 24.1 Å². The van der Waals surface area contributed by atoms with Crippen LogP contribution >= 0.6 is 11.6 Å². The second-order valence-electron chi connectivity index (χ2n) is 6.66. The number of aromatic nitrogens is 1. The summed E-state index contributed by atoms with van der Waals surface area (Å²) in [4.78, 5) is 6.59. The average Bonchev–Trinajstić information content (AvgIpc) is 3.26. The molecule has 4 nitrogen and oxygen atoms in total. The largest absolute Gasteiger partial charge is 0.355 e. The Morgan fingerprint density at radius 3 is 2.71 bits per heavy atom. The minimum Gasteiger partial charge on any atom is -0.355 e. The van der Waals surface area contributed by atoms with E-state index in [9.17, 15) is 0 Å². The molecule has 3 rings (SSSR count). The predicted octanol–water partition coefficient (Wildman–Crippen LogP) is 3.42. The van der Waals surface area contributed by atoms with Crippen LogP contribution in [0.25, 0.3) is 0 Å². The van der Waals surface area contributed by atoms with E-state index in [-0.39, 0.29) is 5.41 Å². The van der Waals surface area contributed by atoms with Crippen LogP contribution in [-0.2, 0) is 19.0 Å². The SMILES string of the molecule is CN=C(NCC1(c2cccc(Cl)c2)CC1)N(C)Cc1cccn1C. The number of hydrogen-bond donors (Lipinski definition) is 1. The first-order valence-corrected chi connectivity index (χ1v) is 8.70. The zero-order valence-corrected chi connectivity index (χ0v) is 15.3. The number of benzene rings is 1. The molecule has 0 spiro atoms. The lowest BCUT2D eigenvalue weighted by molar-refractivity contribution is 0.456. The van der Waals surface area contributed by atoms with Gasteiger partial charge in [0, 0.05) is 50.0 Å². The van der Waals surface area contributed by atoms with Crippen LogP contribution in [0.15, 0.2) is 47.6 Å². The van der Waals surface area contributed by atoms with Gasteiger partial charge in [0.1, 0.15) is 0 Å². The Hall–Kier alpha value is -1.94. The fourth-order valence-corrected chi connectivity index (χ4v) is 3.34. The Labute approximate surface area is 149 Å². The fourth-order valence-electron chi connectivity index (χ4n) is 3.15. The smallest absolute Gasteiger partial charge is 0.193 e. The van der Waals surface area contributed by atoms with Gasteiger partial charge in [-0.05, 0) is 42.7 Å². The average molecular weight is 345 g/mol. The summed E-state index contributed by atoms with van der Waals surface area (Å²) in [6.07, 6.45) is 4.45. The quantitative estimate of drug-likeness (QED) is 0.666. The van der Waals surface area contributed by atoms with Gasteiger partial charge in [-0.2, -0.15) is 0 Å². The summed E-state index contributed by atoms with van der Waals surface area (Å²) in [5, 5.41) is 4.35. The van der Waals surface area contributed by atoms with Crippen LogP contribution in [0, 0.1) is 0 Å². The molecule has 1 saturated carbocycles. The standard InChI is InChI=1S/C19H25ClN4/c1-21-18(24(3)13-17-8-5-11-23(17)2)22-14-19(9-10-19)15-6-4-7-16(20)12-15/h4-8,11-12H,9-10,13-14H2,1-3H3,(H,21,22). The maximum absolute atomic E-state index is 6.16. The third kappa shape index (κ3) is 3.59. The van der Waals surface area contributed by atoms with Crippen molar-refractivity contribution in [1.82, 2.24) is 14.8 Å². The summed E-state index contributed by atoms with van der Waals surface area (Å²) in [6.45, 7) is 1.71. The first-order chi connectivity index (χ1) is 11.5. The minimum absolute atomic E-state index is 0.201. The number of nitrogens with zero attached hydrogens (tertiary/aromatic N) is 3. The zero-order chi connectivity index (χ0) is 17.2. The second kappa shape index (κ2) is 6.89. The molecular weight excluding hydrogens is 320 g/mol. The lowest BCUT2D eigenvalue weighted by Crippen LogP contribution is -2.42. The molecular formula is C19H25ClN4. The third-order valence-electron chi connectivity index (χ3n) is 4.90. The molecule has 0 amide bonds. The molecule has 5 heteroatoms. The van der Waals surface area contributed by atoms with Crippen molar-refractivity contribution in [3.05, 3.63) is 58.9 Å². The molecule has 0 saturated heterocycles. The molecule has 0 aliphatic heterocycles. The highest BCUT2D eigenvalue weighted by molar-refractivity contribution is 6.30. The molecule has 2 aromatic rings. The highest BCUT2D eigenvalue weighted by Gasteiger charge is 2.44. The second-order valence-corrected chi connectivity index (χ2v) is 7.09. The van der Waals surface area contributed by atoms with Crippen LogP contribution in [0.4, 0.5) is 0 Å². The molecule has 0 unspecified atom stereocenters. The van der Waals surface area contributed by atoms with E-state index < -0.39 is 0 Å². The summed E-state index contributed by atoms with van der Waals surface area (Å²) in [6, 6.07) is 12.4. The molecule has 1 aromatic carbocycles. The van der Waals surface area contributed by atoms with E-state index in [1.54, 1.807) is 0 Å². The van der Waals surface area contributed by atoms with E-state index in [1.807, 2.05) is 19.2 Å². The van der Waals surface area contributed by atoms with E-state index in [1.165, 1.54) is 24.1 Å². The van der Waals surface area contributed by atoms with Crippen molar-refractivity contribution >= 4 is 17.6 Å². The number of aliphatic imine (C=N–C) groups is 1. The molecule has 0 bridgehead atoms. The molecule has 0 radical (unpaired) electrons. The summed E-state index contributed by atoms with van der Waals surface area (Å²) in [5.41, 5.74) is 2.78. The lowest BCUT2D eigenvalue weighted by atomic mass is 9.96. The normalized spacial score (nSPS) is 16.1. The van der Waals surface area contributed by atoms with E-state index in [4.69, 9.17) is 11.6 Å². The highest BCUT2D eigenvalue weighted by Crippen LogP contribution is 2.48. The van der Waals surface area contributed by atoms with Gasteiger partial charge in [0.05, 0.1) is 6.54 Å². The number of nitrogens with one attached hydrogen (secondary N) is 1. The number of halogens is 1. The van der Waals surface area contributed by atoms with Crippen molar-refractivity contribution in [2.45, 2.75) is 24.8 Å². The summed E-state index contributed by atoms with van der Waals surface area (Å²) >= 11 is 6.16. The Morgan fingerprint density at radius 2 is 2.12 bits per heavy atom. The van der Waals surface area contributed by atoms with Gasteiger partial charge in [0.25, 0.3) is 0 Å². The van der Waals surface area contributed by atoms with Crippen molar-refractivity contribution in [3.63, 3.8) is 0 Å². The maximum Gasteiger partial charge on any atom is 0.193 e. The predicted molar refractivity (Wildman–Crippen MR) is 101 cm³/mol. The number of rotatable bonds is 5. The molecule has 1 aliphatic carbocycles. The van der Waals surface area contributed by atoms with Crippen molar-refractivity contribution in [2.24, 2.45) is 12.0 Å². The summed E-state index contributed by atoms with van der Waals surface area (Å²) < 4.78 is 2.14. The van der Waals surface area contributed by atoms with Gasteiger partial charge in [-0.25, -0.2) is 0 Å². The van der Waals surface area contributed by atoms with Crippen molar-refractivity contribution < 1.29 is 0 Å². The molecule has 1 heterocycles. The summed E-state index contributed by atoms with van der Waals surface area (Å²) in [7, 11) is 5.97. The molecule has 0 atom stereocenters. The molecule has 128 valence electrons. The van der Waals surface area contributed by atoms with Gasteiger partial charge in [-0.3, -0.25) is 4.99 Å². The zero-order valence-electron chi connectivity index (χ0n) is 14.6. The highest BCUT2D eigenvalue weighted by atomic mass is 35.5. The molecule has 1 fully saturated rings. The van der Waals surface area contributed by atoms with E-state index in [2.05, 4.69) is 64.3 Å². The Morgan fingerprint density at radius 1 is 1.33 bits per heavy atom. The van der Waals surface area contributed by atoms with Gasteiger partial charge < -0.3 is 14.8 Å². The van der Waals surface area contributed by atoms with E-state index in [0.29, 0.717) is 0 Å². The molecule has 24 heavy (non-hydrogen) atoms. The number of hydrogen-bond acceptors (Lipinski definition) is 1. The topological polar surface area (TPSA) is 32.6 Å². The number of guanidine groups is 1. The first kappa shape index (κ1) is 16.9. The monoisotopic (exact) mass is 344 g/mol. The Kier molecular flexibility index (Phi) is 4.86. The van der Waals surface area contributed by atoms with Gasteiger partial charge in [-0.15, -0.1) is 0 Å². The Balaban J connectivity index is 1.63. The van der Waals surface area contributed by atoms with Crippen molar-refractivity contribution in [1.29, 1.82) is 0 Å². The van der Waals surface area contributed by atoms with E-state index >= 15 is 0 Å². The molecule has 1 N–H and O–H groups in total. The number of aryl methyl sites for hydroxylation is 1. The van der Waals surface area contributed by atoms with Crippen LogP contribution in [0.1, 0.15) is 24.1 Å². The molecule has 1 aliphatic rings. The van der Waals surface area contributed by atoms with Crippen LogP contribution in [0.5, 0.6) is 0 Å². The van der Waals surface area contributed by atoms with Crippen molar-refractivity contribution in [3.8, 4) is 0 Å². The fraction of sp³-hybridized carbons (Fsp3) is 0.421. The maximum atomic E-state index is 6.16. The van der Waals surface area contributed by atoms with Crippen LogP contribution < -0.4 is 5.32 Å². The van der Waals surface area contributed by atoms with Gasteiger partial charge in [-0.1, -0.05) is 23.7 Å². The molecule has 1 aromatic heterocycles. The lowest BCUT2D eigenvalue weighted by Gasteiger charge is -2.25.